The van der Waals surface area contributed by atoms with E-state index in [2.05, 4.69) is 5.32 Å². The number of hydrogen-bond donors (Lipinski definition) is 1. The number of hydrogen-bond acceptors (Lipinski definition) is 4. The van der Waals surface area contributed by atoms with Gasteiger partial charge >= 0.3 is 0 Å². The maximum Gasteiger partial charge on any atom is 0.264 e. The summed E-state index contributed by atoms with van der Waals surface area (Å²) in [6.45, 7) is 1.93. The van der Waals surface area contributed by atoms with Gasteiger partial charge in [-0.05, 0) is 67.4 Å². The van der Waals surface area contributed by atoms with Crippen LogP contribution in [0.25, 0.3) is 0 Å². The normalized spacial score (nSPS) is 11.2. The second kappa shape index (κ2) is 10.4. The van der Waals surface area contributed by atoms with Gasteiger partial charge in [0, 0.05) is 13.0 Å². The molecule has 0 atom stereocenters. The highest BCUT2D eigenvalue weighted by molar-refractivity contribution is 7.92. The Labute approximate surface area is 191 Å². The van der Waals surface area contributed by atoms with Gasteiger partial charge in [0.05, 0.1) is 23.4 Å². The number of carbonyl (C=O) groups is 1. The molecule has 0 fully saturated rings. The molecule has 0 bridgehead atoms. The molecule has 33 heavy (non-hydrogen) atoms. The van der Waals surface area contributed by atoms with E-state index in [0.717, 1.165) is 18.2 Å². The fourth-order valence-corrected chi connectivity index (χ4v) is 4.85. The van der Waals surface area contributed by atoms with E-state index in [1.807, 2.05) is 0 Å². The van der Waals surface area contributed by atoms with Crippen LogP contribution in [0.2, 0.25) is 0 Å². The molecule has 0 unspecified atom stereocenters. The number of halogens is 2. The molecule has 0 aromatic heterocycles. The monoisotopic (exact) mass is 474 g/mol. The Morgan fingerprint density at radius 3 is 2.42 bits per heavy atom. The number of methoxy groups -OCH3 is 1. The van der Waals surface area contributed by atoms with E-state index >= 15 is 0 Å². The van der Waals surface area contributed by atoms with E-state index in [0.29, 0.717) is 5.69 Å². The van der Waals surface area contributed by atoms with Gasteiger partial charge in [-0.15, -0.1) is 0 Å². The van der Waals surface area contributed by atoms with E-state index in [-0.39, 0.29) is 41.3 Å². The smallest absolute Gasteiger partial charge is 0.264 e. The van der Waals surface area contributed by atoms with Crippen molar-refractivity contribution in [1.29, 1.82) is 0 Å². The van der Waals surface area contributed by atoms with Crippen molar-refractivity contribution in [3.05, 3.63) is 83.9 Å². The van der Waals surface area contributed by atoms with Gasteiger partial charge in [-0.2, -0.15) is 0 Å². The van der Waals surface area contributed by atoms with Crippen molar-refractivity contribution in [1.82, 2.24) is 0 Å². The predicted octanol–water partition coefficient (Wildman–Crippen LogP) is 4.76. The first kappa shape index (κ1) is 24.2. The first-order chi connectivity index (χ1) is 15.8. The number of aryl methyl sites for hydroxylation is 1. The van der Waals surface area contributed by atoms with Crippen LogP contribution in [0, 0.1) is 11.6 Å². The number of benzene rings is 3. The van der Waals surface area contributed by atoms with Crippen molar-refractivity contribution in [3.63, 3.8) is 0 Å². The first-order valence-corrected chi connectivity index (χ1v) is 11.7. The zero-order valence-electron chi connectivity index (χ0n) is 18.2. The number of anilines is 2. The molecule has 3 aromatic carbocycles. The lowest BCUT2D eigenvalue weighted by Crippen LogP contribution is -2.30. The third kappa shape index (κ3) is 5.67. The van der Waals surface area contributed by atoms with Crippen LogP contribution in [-0.2, 0) is 21.2 Å². The van der Waals surface area contributed by atoms with E-state index in [1.165, 1.54) is 29.6 Å². The van der Waals surface area contributed by atoms with Gasteiger partial charge < -0.3 is 10.1 Å². The second-order valence-electron chi connectivity index (χ2n) is 7.15. The highest BCUT2D eigenvalue weighted by atomic mass is 32.2. The fraction of sp³-hybridized carbons (Fsp3) is 0.208. The minimum absolute atomic E-state index is 0.0205. The molecule has 1 N–H and O–H groups in total. The van der Waals surface area contributed by atoms with Crippen LogP contribution in [0.5, 0.6) is 5.75 Å². The van der Waals surface area contributed by atoms with Gasteiger partial charge in [0.2, 0.25) is 5.91 Å². The van der Waals surface area contributed by atoms with Gasteiger partial charge in [-0.25, -0.2) is 17.2 Å². The summed E-state index contributed by atoms with van der Waals surface area (Å²) in [6.07, 6.45) is -0.154. The zero-order chi connectivity index (χ0) is 24.0. The number of para-hydroxylation sites is 1. The summed E-state index contributed by atoms with van der Waals surface area (Å²) in [5.41, 5.74) is 0.751. The third-order valence-electron chi connectivity index (χ3n) is 4.99. The van der Waals surface area contributed by atoms with Crippen LogP contribution in [0.3, 0.4) is 0 Å². The number of nitrogens with one attached hydrogen (secondary N) is 1. The summed E-state index contributed by atoms with van der Waals surface area (Å²) in [5.74, 6) is -1.43. The van der Waals surface area contributed by atoms with Crippen LogP contribution < -0.4 is 14.4 Å². The topological polar surface area (TPSA) is 75.7 Å². The highest BCUT2D eigenvalue weighted by Gasteiger charge is 2.25. The molecule has 0 aliphatic heterocycles. The molecule has 0 radical (unpaired) electrons. The second-order valence-corrected chi connectivity index (χ2v) is 9.01. The molecule has 0 aliphatic rings. The highest BCUT2D eigenvalue weighted by Crippen LogP contribution is 2.31. The van der Waals surface area contributed by atoms with Crippen molar-refractivity contribution in [2.24, 2.45) is 0 Å². The Morgan fingerprint density at radius 1 is 1.03 bits per heavy atom. The summed E-state index contributed by atoms with van der Waals surface area (Å²) < 4.78 is 60.2. The lowest BCUT2D eigenvalue weighted by Gasteiger charge is -2.23. The molecule has 174 valence electrons. The minimum Gasteiger partial charge on any atom is -0.495 e. The number of ether oxygens (including phenoxy) is 1. The minimum atomic E-state index is -3.92. The molecule has 0 spiro atoms. The Morgan fingerprint density at radius 2 is 1.76 bits per heavy atom. The molecule has 6 nitrogen and oxygen atoms in total. The van der Waals surface area contributed by atoms with E-state index in [4.69, 9.17) is 4.74 Å². The Bertz CT molecular complexity index is 1230. The number of sulfonamides is 1. The van der Waals surface area contributed by atoms with Gasteiger partial charge in [0.1, 0.15) is 17.4 Å². The molecule has 9 heteroatoms. The first-order valence-electron chi connectivity index (χ1n) is 10.3. The summed E-state index contributed by atoms with van der Waals surface area (Å²) in [5, 5.41) is 2.61. The van der Waals surface area contributed by atoms with Gasteiger partial charge in [0.25, 0.3) is 10.0 Å². The lowest BCUT2D eigenvalue weighted by atomic mass is 10.1. The standard InChI is InChI=1S/C24H24F2N2O4S/c1-3-28(19-7-5-4-6-8-19)33(30,31)20-11-13-23(32-2)22(16-20)27-24(29)14-9-17-15-18(25)10-12-21(17)26/h4-8,10-13,15-16H,3,9,14H2,1-2H3,(H,27,29). The van der Waals surface area contributed by atoms with Crippen molar-refractivity contribution in [2.75, 3.05) is 23.3 Å². The van der Waals surface area contributed by atoms with Gasteiger partial charge in [-0.1, -0.05) is 18.2 Å². The van der Waals surface area contributed by atoms with Gasteiger partial charge in [0.15, 0.2) is 0 Å². The van der Waals surface area contributed by atoms with Crippen molar-refractivity contribution < 1.29 is 26.7 Å². The summed E-state index contributed by atoms with van der Waals surface area (Å²) >= 11 is 0. The number of amides is 1. The molecule has 0 saturated heterocycles. The molecular formula is C24H24F2N2O4S. The van der Waals surface area contributed by atoms with Crippen LogP contribution in [0.1, 0.15) is 18.9 Å². The zero-order valence-corrected chi connectivity index (χ0v) is 19.0. The molecule has 0 heterocycles. The van der Waals surface area contributed by atoms with Crippen LogP contribution in [0.4, 0.5) is 20.2 Å². The van der Waals surface area contributed by atoms with Crippen molar-refractivity contribution >= 4 is 27.3 Å². The number of rotatable bonds is 9. The third-order valence-corrected chi connectivity index (χ3v) is 6.89. The number of nitrogens with zero attached hydrogens (tertiary/aromatic N) is 1. The summed E-state index contributed by atoms with van der Waals surface area (Å²) in [7, 11) is -2.53. The molecule has 3 aromatic rings. The average molecular weight is 475 g/mol. The Hall–Kier alpha value is -3.46. The van der Waals surface area contributed by atoms with Crippen LogP contribution >= 0.6 is 0 Å². The van der Waals surface area contributed by atoms with E-state index < -0.39 is 27.6 Å². The van der Waals surface area contributed by atoms with Crippen molar-refractivity contribution in [2.45, 2.75) is 24.7 Å². The maximum atomic E-state index is 13.8. The molecule has 1 amide bonds. The van der Waals surface area contributed by atoms with Crippen molar-refractivity contribution in [3.8, 4) is 5.75 Å². The molecular weight excluding hydrogens is 450 g/mol. The van der Waals surface area contributed by atoms with Gasteiger partial charge in [-0.3, -0.25) is 9.10 Å². The fourth-order valence-electron chi connectivity index (χ4n) is 3.35. The number of carbonyl (C=O) groups excluding carboxylic acids is 1. The lowest BCUT2D eigenvalue weighted by molar-refractivity contribution is -0.116. The largest absolute Gasteiger partial charge is 0.495 e. The Kier molecular flexibility index (Phi) is 7.65. The molecule has 3 rings (SSSR count). The Balaban J connectivity index is 1.83. The summed E-state index contributed by atoms with van der Waals surface area (Å²) in [4.78, 5) is 12.5. The summed E-state index contributed by atoms with van der Waals surface area (Å²) in [6, 6.07) is 15.9. The average Bonchev–Trinajstić information content (AvgIpc) is 2.80. The van der Waals surface area contributed by atoms with E-state index in [9.17, 15) is 22.0 Å². The SMILES string of the molecule is CCN(c1ccccc1)S(=O)(=O)c1ccc(OC)c(NC(=O)CCc2cc(F)ccc2F)c1. The van der Waals surface area contributed by atoms with E-state index in [1.54, 1.807) is 37.3 Å². The van der Waals surface area contributed by atoms with Crippen LogP contribution in [-0.4, -0.2) is 28.0 Å². The molecule has 0 saturated carbocycles. The maximum absolute atomic E-state index is 13.8. The predicted molar refractivity (Wildman–Crippen MR) is 123 cm³/mol. The molecule has 0 aliphatic carbocycles. The van der Waals surface area contributed by atoms with Crippen LogP contribution in [0.15, 0.2) is 71.6 Å². The quantitative estimate of drug-likeness (QED) is 0.485.